The van der Waals surface area contributed by atoms with E-state index >= 15 is 0 Å². The summed E-state index contributed by atoms with van der Waals surface area (Å²) in [6.07, 6.45) is 11.1. The molecule has 140 valence electrons. The van der Waals surface area contributed by atoms with Gasteiger partial charge in [0.15, 0.2) is 0 Å². The number of hydrogen-bond donors (Lipinski definition) is 0. The molecule has 5 saturated carbocycles. The summed E-state index contributed by atoms with van der Waals surface area (Å²) in [4.78, 5) is 12.9. The predicted octanol–water partition coefficient (Wildman–Crippen LogP) is 4.32. The first-order valence-electron chi connectivity index (χ1n) is 11.3. The van der Waals surface area contributed by atoms with Crippen LogP contribution in [-0.4, -0.2) is 18.9 Å². The van der Waals surface area contributed by atoms with Crippen molar-refractivity contribution < 1.29 is 14.3 Å². The highest BCUT2D eigenvalue weighted by Gasteiger charge is 2.67. The Kier molecular flexibility index (Phi) is 3.00. The van der Waals surface area contributed by atoms with Gasteiger partial charge in [-0.1, -0.05) is 11.1 Å². The largest absolute Gasteiger partial charge is 0.436 e. The van der Waals surface area contributed by atoms with E-state index in [9.17, 15) is 4.79 Å². The Bertz CT molecular complexity index is 690. The molecule has 1 heterocycles. The van der Waals surface area contributed by atoms with E-state index in [2.05, 4.69) is 0 Å². The van der Waals surface area contributed by atoms with Crippen LogP contribution in [0, 0.1) is 53.3 Å². The van der Waals surface area contributed by atoms with Gasteiger partial charge in [-0.15, -0.1) is 0 Å². The fraction of sp³-hybridized carbons (Fsp3) is 0.870. The van der Waals surface area contributed by atoms with Gasteiger partial charge in [0.1, 0.15) is 0 Å². The third-order valence-corrected chi connectivity index (χ3v) is 9.72. The second-order valence-electron chi connectivity index (χ2n) is 10.5. The summed E-state index contributed by atoms with van der Waals surface area (Å²) in [5.41, 5.74) is 3.80. The topological polar surface area (TPSA) is 35.5 Å². The van der Waals surface area contributed by atoms with E-state index < -0.39 is 0 Å². The maximum absolute atomic E-state index is 12.9. The lowest BCUT2D eigenvalue weighted by atomic mass is 9.63. The van der Waals surface area contributed by atoms with Gasteiger partial charge < -0.3 is 9.47 Å². The molecule has 10 unspecified atom stereocenters. The molecule has 0 aromatic rings. The Morgan fingerprint density at radius 2 is 1.92 bits per heavy atom. The minimum atomic E-state index is -0.261. The van der Waals surface area contributed by atoms with E-state index in [-0.39, 0.29) is 18.2 Å². The van der Waals surface area contributed by atoms with Crippen molar-refractivity contribution in [3.05, 3.63) is 11.1 Å². The lowest BCUT2D eigenvalue weighted by Gasteiger charge is -2.41. The second kappa shape index (κ2) is 5.16. The quantitative estimate of drug-likeness (QED) is 0.421. The third kappa shape index (κ3) is 1.77. The van der Waals surface area contributed by atoms with Crippen LogP contribution in [0.15, 0.2) is 11.1 Å². The SMILES string of the molecule is O=C(OC1CCCCO1)C1CC2CC1C1C3=C4C5CCC(C5)C4C(C3)C21. The van der Waals surface area contributed by atoms with Gasteiger partial charge in [-0.2, -0.15) is 0 Å². The van der Waals surface area contributed by atoms with Gasteiger partial charge in [0.05, 0.1) is 12.5 Å². The zero-order valence-corrected chi connectivity index (χ0v) is 15.6. The van der Waals surface area contributed by atoms with Crippen molar-refractivity contribution >= 4 is 5.97 Å². The van der Waals surface area contributed by atoms with Crippen LogP contribution in [0.25, 0.3) is 0 Å². The summed E-state index contributed by atoms with van der Waals surface area (Å²) in [7, 11) is 0. The number of carbonyl (C=O) groups excluding carboxylic acids is 1. The van der Waals surface area contributed by atoms with Gasteiger partial charge in [0, 0.05) is 6.42 Å². The van der Waals surface area contributed by atoms with Gasteiger partial charge in [0.25, 0.3) is 0 Å². The molecule has 0 N–H and O–H groups in total. The molecule has 0 amide bonds. The Labute approximate surface area is 155 Å². The molecule has 26 heavy (non-hydrogen) atoms. The minimum absolute atomic E-state index is 0.0701. The molecule has 0 radical (unpaired) electrons. The number of fused-ring (bicyclic) bond motifs is 15. The third-order valence-electron chi connectivity index (χ3n) is 9.72. The highest BCUT2D eigenvalue weighted by molar-refractivity contribution is 5.74. The molecule has 6 aliphatic carbocycles. The van der Waals surface area contributed by atoms with Crippen LogP contribution < -0.4 is 0 Å². The number of allylic oxidation sites excluding steroid dienone is 2. The second-order valence-corrected chi connectivity index (χ2v) is 10.5. The average Bonchev–Trinajstić information content (AvgIpc) is 3.48. The van der Waals surface area contributed by atoms with Crippen LogP contribution in [0.5, 0.6) is 0 Å². The van der Waals surface area contributed by atoms with E-state index in [4.69, 9.17) is 9.47 Å². The molecule has 6 bridgehead atoms. The normalized spacial score (nSPS) is 55.5. The van der Waals surface area contributed by atoms with Crippen molar-refractivity contribution in [2.75, 3.05) is 6.61 Å². The first-order valence-corrected chi connectivity index (χ1v) is 11.3. The Balaban J connectivity index is 1.15. The first-order chi connectivity index (χ1) is 12.8. The van der Waals surface area contributed by atoms with Gasteiger partial charge in [-0.25, -0.2) is 0 Å². The van der Waals surface area contributed by atoms with Crippen molar-refractivity contribution in [2.45, 2.75) is 64.1 Å². The number of carbonyl (C=O) groups is 1. The van der Waals surface area contributed by atoms with E-state index in [1.54, 1.807) is 0 Å². The molecular formula is C23H30O3. The number of rotatable bonds is 2. The zero-order chi connectivity index (χ0) is 17.0. The number of hydrogen-bond acceptors (Lipinski definition) is 3. The summed E-state index contributed by atoms with van der Waals surface area (Å²) >= 11 is 0. The van der Waals surface area contributed by atoms with Crippen molar-refractivity contribution in [2.24, 2.45) is 53.3 Å². The molecule has 1 saturated heterocycles. The van der Waals surface area contributed by atoms with Crippen LogP contribution >= 0.6 is 0 Å². The van der Waals surface area contributed by atoms with E-state index in [0.717, 1.165) is 73.7 Å². The Morgan fingerprint density at radius 3 is 2.81 bits per heavy atom. The fourth-order valence-corrected chi connectivity index (χ4v) is 9.21. The van der Waals surface area contributed by atoms with Crippen molar-refractivity contribution in [1.82, 2.24) is 0 Å². The van der Waals surface area contributed by atoms with Crippen LogP contribution in [-0.2, 0) is 14.3 Å². The molecule has 7 aliphatic rings. The van der Waals surface area contributed by atoms with Gasteiger partial charge in [-0.05, 0) is 98.7 Å². The average molecular weight is 354 g/mol. The molecule has 1 aliphatic heterocycles. The smallest absolute Gasteiger partial charge is 0.311 e. The van der Waals surface area contributed by atoms with Crippen LogP contribution in [0.2, 0.25) is 0 Å². The van der Waals surface area contributed by atoms with Crippen molar-refractivity contribution in [3.63, 3.8) is 0 Å². The molecule has 3 nitrogen and oxygen atoms in total. The molecule has 7 rings (SSSR count). The standard InChI is InChI=1S/C23H30O3/c24-23(26-18-3-1-2-6-25-18)15-9-13-8-14(15)22-17-10-16(21(13)22)19-11-4-5-12(7-11)20(17)19/h11-16,18-19,21-22H,1-10H2. The highest BCUT2D eigenvalue weighted by Crippen LogP contribution is 2.74. The minimum Gasteiger partial charge on any atom is -0.436 e. The lowest BCUT2D eigenvalue weighted by molar-refractivity contribution is -0.193. The monoisotopic (exact) mass is 354 g/mol. The summed E-state index contributed by atoms with van der Waals surface area (Å²) in [6, 6.07) is 0. The Hall–Kier alpha value is -0.830. The molecule has 10 atom stereocenters. The van der Waals surface area contributed by atoms with Gasteiger partial charge in [0.2, 0.25) is 6.29 Å². The Morgan fingerprint density at radius 1 is 0.962 bits per heavy atom. The van der Waals surface area contributed by atoms with Gasteiger partial charge >= 0.3 is 5.97 Å². The van der Waals surface area contributed by atoms with Crippen LogP contribution in [0.3, 0.4) is 0 Å². The van der Waals surface area contributed by atoms with Gasteiger partial charge in [-0.3, -0.25) is 4.79 Å². The molecular weight excluding hydrogens is 324 g/mol. The number of esters is 1. The fourth-order valence-electron chi connectivity index (χ4n) is 9.21. The van der Waals surface area contributed by atoms with E-state index in [0.29, 0.717) is 5.92 Å². The van der Waals surface area contributed by atoms with E-state index in [1.807, 2.05) is 11.1 Å². The zero-order valence-electron chi connectivity index (χ0n) is 15.6. The highest BCUT2D eigenvalue weighted by atomic mass is 16.7. The molecule has 6 fully saturated rings. The van der Waals surface area contributed by atoms with Crippen LogP contribution in [0.4, 0.5) is 0 Å². The summed E-state index contributed by atoms with van der Waals surface area (Å²) < 4.78 is 11.5. The molecule has 3 heteroatoms. The van der Waals surface area contributed by atoms with Crippen LogP contribution in [0.1, 0.15) is 57.8 Å². The lowest BCUT2D eigenvalue weighted by Crippen LogP contribution is -2.39. The summed E-state index contributed by atoms with van der Waals surface area (Å²) in [5, 5.41) is 0. The van der Waals surface area contributed by atoms with E-state index in [1.165, 1.54) is 32.1 Å². The van der Waals surface area contributed by atoms with Crippen molar-refractivity contribution in [3.8, 4) is 0 Å². The maximum atomic E-state index is 12.9. The molecule has 0 aromatic carbocycles. The maximum Gasteiger partial charge on any atom is 0.311 e. The number of ether oxygens (including phenoxy) is 2. The summed E-state index contributed by atoms with van der Waals surface area (Å²) in [5.74, 6) is 7.23. The first kappa shape index (κ1) is 15.1. The molecule has 0 aromatic heterocycles. The molecule has 0 spiro atoms. The van der Waals surface area contributed by atoms with Crippen molar-refractivity contribution in [1.29, 1.82) is 0 Å². The predicted molar refractivity (Wildman–Crippen MR) is 95.8 cm³/mol. The summed E-state index contributed by atoms with van der Waals surface area (Å²) in [6.45, 7) is 0.751.